The van der Waals surface area contributed by atoms with Crippen molar-refractivity contribution >= 4 is 17.7 Å². The van der Waals surface area contributed by atoms with Crippen LogP contribution in [0, 0.1) is 12.8 Å². The lowest BCUT2D eigenvalue weighted by Gasteiger charge is -2.21. The second-order valence-electron chi connectivity index (χ2n) is 5.26. The molecule has 3 N–H and O–H groups in total. The van der Waals surface area contributed by atoms with Crippen molar-refractivity contribution in [3.8, 4) is 0 Å². The fraction of sp³-hybridized carbons (Fsp3) is 0.500. The van der Waals surface area contributed by atoms with Gasteiger partial charge in [0.25, 0.3) is 0 Å². The van der Waals surface area contributed by atoms with Gasteiger partial charge in [-0.3, -0.25) is 0 Å². The van der Waals surface area contributed by atoms with Crippen LogP contribution >= 0.6 is 0 Å². The Morgan fingerprint density at radius 3 is 2.48 bits per heavy atom. The molecule has 0 radical (unpaired) electrons. The number of carbonyl (C=O) groups excluding carboxylic acids is 1. The van der Waals surface area contributed by atoms with Gasteiger partial charge in [0.1, 0.15) is 6.04 Å². The number of amides is 2. The number of urea groups is 1. The van der Waals surface area contributed by atoms with Crippen LogP contribution < -0.4 is 10.6 Å². The van der Waals surface area contributed by atoms with Crippen molar-refractivity contribution in [3.05, 3.63) is 29.3 Å². The van der Waals surface area contributed by atoms with Crippen LogP contribution in [0.1, 0.15) is 38.3 Å². The molecule has 21 heavy (non-hydrogen) atoms. The minimum Gasteiger partial charge on any atom is -0.480 e. The first-order chi connectivity index (χ1) is 9.90. The largest absolute Gasteiger partial charge is 0.480 e. The van der Waals surface area contributed by atoms with E-state index in [1.54, 1.807) is 0 Å². The Kier molecular flexibility index (Phi) is 6.21. The number of hydrogen-bond acceptors (Lipinski definition) is 2. The van der Waals surface area contributed by atoms with Gasteiger partial charge in [0.05, 0.1) is 0 Å². The molecular weight excluding hydrogens is 268 g/mol. The van der Waals surface area contributed by atoms with Gasteiger partial charge in [-0.25, -0.2) is 9.59 Å². The van der Waals surface area contributed by atoms with E-state index in [0.29, 0.717) is 6.42 Å². The summed E-state index contributed by atoms with van der Waals surface area (Å²) >= 11 is 0. The van der Waals surface area contributed by atoms with Crippen molar-refractivity contribution in [2.45, 2.75) is 46.6 Å². The molecule has 2 atom stereocenters. The number of carboxylic acids is 1. The summed E-state index contributed by atoms with van der Waals surface area (Å²) in [4.78, 5) is 23.3. The van der Waals surface area contributed by atoms with Gasteiger partial charge in [0, 0.05) is 5.69 Å². The zero-order valence-electron chi connectivity index (χ0n) is 13.1. The normalized spacial score (nSPS) is 13.3. The lowest BCUT2D eigenvalue weighted by atomic mass is 9.99. The van der Waals surface area contributed by atoms with Crippen LogP contribution in [-0.4, -0.2) is 23.1 Å². The van der Waals surface area contributed by atoms with Gasteiger partial charge in [-0.15, -0.1) is 0 Å². The zero-order valence-corrected chi connectivity index (χ0v) is 13.1. The van der Waals surface area contributed by atoms with Crippen molar-refractivity contribution in [2.75, 3.05) is 5.32 Å². The topological polar surface area (TPSA) is 78.4 Å². The Labute approximate surface area is 125 Å². The van der Waals surface area contributed by atoms with Crippen LogP contribution in [0.25, 0.3) is 0 Å². The summed E-state index contributed by atoms with van der Waals surface area (Å²) in [5.41, 5.74) is 2.74. The van der Waals surface area contributed by atoms with Crippen molar-refractivity contribution < 1.29 is 14.7 Å². The van der Waals surface area contributed by atoms with Crippen molar-refractivity contribution in [3.63, 3.8) is 0 Å². The Balaban J connectivity index is 2.84. The summed E-state index contributed by atoms with van der Waals surface area (Å²) in [6.45, 7) is 7.64. The molecule has 0 aliphatic rings. The molecule has 1 aromatic rings. The highest BCUT2D eigenvalue weighted by molar-refractivity contribution is 5.93. The highest BCUT2D eigenvalue weighted by atomic mass is 16.4. The van der Waals surface area contributed by atoms with Crippen molar-refractivity contribution in [2.24, 2.45) is 5.92 Å². The molecule has 0 bridgehead atoms. The summed E-state index contributed by atoms with van der Waals surface area (Å²) in [7, 11) is 0. The third kappa shape index (κ3) is 4.48. The SMILES string of the molecule is CCc1cccc(C)c1NC(=O)NC(C(=O)O)C(C)CC. The summed E-state index contributed by atoms with van der Waals surface area (Å²) < 4.78 is 0. The fourth-order valence-corrected chi connectivity index (χ4v) is 2.18. The lowest BCUT2D eigenvalue weighted by Crippen LogP contribution is -2.46. The molecule has 0 saturated heterocycles. The van der Waals surface area contributed by atoms with E-state index in [1.807, 2.05) is 45.9 Å². The van der Waals surface area contributed by atoms with E-state index in [0.717, 1.165) is 23.2 Å². The number of para-hydroxylation sites is 1. The van der Waals surface area contributed by atoms with Gasteiger partial charge in [0.2, 0.25) is 0 Å². The first-order valence-corrected chi connectivity index (χ1v) is 7.29. The van der Waals surface area contributed by atoms with E-state index in [4.69, 9.17) is 0 Å². The molecule has 0 spiro atoms. The quantitative estimate of drug-likeness (QED) is 0.753. The second kappa shape index (κ2) is 7.67. The van der Waals surface area contributed by atoms with Crippen molar-refractivity contribution in [1.29, 1.82) is 0 Å². The summed E-state index contributed by atoms with van der Waals surface area (Å²) in [6, 6.07) is 4.44. The number of carboxylic acid groups (broad SMARTS) is 1. The molecule has 0 fully saturated rings. The molecule has 1 rings (SSSR count). The molecule has 116 valence electrons. The molecule has 2 amide bonds. The summed E-state index contributed by atoms with van der Waals surface area (Å²) in [5, 5.41) is 14.5. The molecule has 0 aliphatic carbocycles. The van der Waals surface area contributed by atoms with E-state index < -0.39 is 18.0 Å². The van der Waals surface area contributed by atoms with Crippen LogP contribution in [0.15, 0.2) is 18.2 Å². The predicted octanol–water partition coefficient (Wildman–Crippen LogP) is 3.18. The van der Waals surface area contributed by atoms with E-state index in [1.165, 1.54) is 0 Å². The Hall–Kier alpha value is -2.04. The molecule has 0 heterocycles. The van der Waals surface area contributed by atoms with Crippen LogP contribution in [0.2, 0.25) is 0 Å². The Bertz CT molecular complexity index is 514. The van der Waals surface area contributed by atoms with Crippen molar-refractivity contribution in [1.82, 2.24) is 5.32 Å². The van der Waals surface area contributed by atoms with Crippen LogP contribution in [0.4, 0.5) is 10.5 Å². The third-order valence-electron chi connectivity index (χ3n) is 3.74. The number of carbonyl (C=O) groups is 2. The van der Waals surface area contributed by atoms with E-state index in [2.05, 4.69) is 10.6 Å². The molecule has 0 aliphatic heterocycles. The average molecular weight is 292 g/mol. The molecule has 0 aromatic heterocycles. The number of nitrogens with one attached hydrogen (secondary N) is 2. The maximum Gasteiger partial charge on any atom is 0.326 e. The van der Waals surface area contributed by atoms with Gasteiger partial charge in [-0.2, -0.15) is 0 Å². The Morgan fingerprint density at radius 1 is 1.29 bits per heavy atom. The number of benzene rings is 1. The molecule has 0 saturated carbocycles. The van der Waals surface area contributed by atoms with Crippen LogP contribution in [0.5, 0.6) is 0 Å². The summed E-state index contributed by atoms with van der Waals surface area (Å²) in [5.74, 6) is -1.14. The highest BCUT2D eigenvalue weighted by Crippen LogP contribution is 2.21. The molecule has 1 aromatic carbocycles. The minimum absolute atomic E-state index is 0.129. The fourth-order valence-electron chi connectivity index (χ4n) is 2.18. The van der Waals surface area contributed by atoms with Gasteiger partial charge in [-0.1, -0.05) is 45.4 Å². The molecule has 5 heteroatoms. The molecular formula is C16H24N2O3. The van der Waals surface area contributed by atoms with E-state index >= 15 is 0 Å². The number of aryl methyl sites for hydroxylation is 2. The van der Waals surface area contributed by atoms with Crippen LogP contribution in [0.3, 0.4) is 0 Å². The third-order valence-corrected chi connectivity index (χ3v) is 3.74. The molecule has 5 nitrogen and oxygen atoms in total. The highest BCUT2D eigenvalue weighted by Gasteiger charge is 2.25. The average Bonchev–Trinajstić information content (AvgIpc) is 2.45. The maximum atomic E-state index is 12.1. The van der Waals surface area contributed by atoms with Crippen LogP contribution in [-0.2, 0) is 11.2 Å². The standard InChI is InChI=1S/C16H24N2O3/c1-5-10(3)14(15(19)20)18-16(21)17-13-11(4)8-7-9-12(13)6-2/h7-10,14H,5-6H2,1-4H3,(H,19,20)(H2,17,18,21). The van der Waals surface area contributed by atoms with Gasteiger partial charge < -0.3 is 15.7 Å². The number of rotatable bonds is 6. The first-order valence-electron chi connectivity index (χ1n) is 7.29. The predicted molar refractivity (Wildman–Crippen MR) is 83.6 cm³/mol. The van der Waals surface area contributed by atoms with E-state index in [-0.39, 0.29) is 5.92 Å². The zero-order chi connectivity index (χ0) is 16.0. The Morgan fingerprint density at radius 2 is 1.95 bits per heavy atom. The lowest BCUT2D eigenvalue weighted by molar-refractivity contribution is -0.140. The van der Waals surface area contributed by atoms with Gasteiger partial charge >= 0.3 is 12.0 Å². The number of aliphatic carboxylic acids is 1. The monoisotopic (exact) mass is 292 g/mol. The van der Waals surface area contributed by atoms with Gasteiger partial charge in [0.15, 0.2) is 0 Å². The second-order valence-corrected chi connectivity index (χ2v) is 5.26. The van der Waals surface area contributed by atoms with E-state index in [9.17, 15) is 14.7 Å². The smallest absolute Gasteiger partial charge is 0.326 e. The number of anilines is 1. The number of hydrogen-bond donors (Lipinski definition) is 3. The molecule has 2 unspecified atom stereocenters. The first kappa shape index (κ1) is 17.0. The summed E-state index contributed by atoms with van der Waals surface area (Å²) in [6.07, 6.45) is 1.48. The minimum atomic E-state index is -1.01. The van der Waals surface area contributed by atoms with Gasteiger partial charge in [-0.05, 0) is 30.4 Å². The maximum absolute atomic E-state index is 12.1.